The third kappa shape index (κ3) is 8.62. The van der Waals surface area contributed by atoms with Crippen LogP contribution >= 0.6 is 0 Å². The lowest BCUT2D eigenvalue weighted by atomic mass is 9.86. The highest BCUT2D eigenvalue weighted by molar-refractivity contribution is 5.88. The van der Waals surface area contributed by atoms with Gasteiger partial charge in [0.05, 0.1) is 51.2 Å². The second-order valence-electron chi connectivity index (χ2n) is 11.4. The third-order valence-corrected chi connectivity index (χ3v) is 8.17. The molecule has 17 atom stereocenters. The summed E-state index contributed by atoms with van der Waals surface area (Å²) in [6.07, 6.45) is -25.5. The van der Waals surface area contributed by atoms with Gasteiger partial charge < -0.3 is 90.4 Å². The molecule has 15 N–H and O–H groups in total. The van der Waals surface area contributed by atoms with E-state index in [4.69, 9.17) is 24.1 Å². The number of hydrogen-bond donors (Lipinski definition) is 15. The average Bonchev–Trinajstić information content (AvgIpc) is 3.05. The molecule has 3 aliphatic rings. The van der Waals surface area contributed by atoms with Gasteiger partial charge in [-0.1, -0.05) is 6.08 Å². The Hall–Kier alpha value is -1.35. The van der Waals surface area contributed by atoms with Gasteiger partial charge in [-0.3, -0.25) is 10.1 Å². The molecule has 0 aromatic carbocycles. The first kappa shape index (κ1) is 39.1. The van der Waals surface area contributed by atoms with Crippen molar-refractivity contribution in [1.29, 1.82) is 0 Å². The Balaban J connectivity index is 1.77. The van der Waals surface area contributed by atoms with Gasteiger partial charge in [0.15, 0.2) is 18.4 Å². The fourth-order valence-corrected chi connectivity index (χ4v) is 5.47. The van der Waals surface area contributed by atoms with Crippen LogP contribution in [0.4, 0.5) is 0 Å². The van der Waals surface area contributed by atoms with Gasteiger partial charge in [0.1, 0.15) is 73.2 Å². The van der Waals surface area contributed by atoms with Crippen LogP contribution in [-0.4, -0.2) is 214 Å². The number of rotatable bonds is 15. The minimum absolute atomic E-state index is 0.127. The van der Waals surface area contributed by atoms with Crippen molar-refractivity contribution in [3.8, 4) is 0 Å². The van der Waals surface area contributed by atoms with Crippen LogP contribution in [-0.2, 0) is 23.7 Å². The monoisotopic (exact) mass is 675 g/mol. The molecule has 0 amide bonds. The molecule has 2 fully saturated rings. The molecule has 0 aromatic rings. The molecule has 0 aromatic heterocycles. The minimum Gasteiger partial charge on any atom is -0.394 e. The van der Waals surface area contributed by atoms with Gasteiger partial charge >= 0.3 is 0 Å². The smallest absolute Gasteiger partial charge is 0.187 e. The molecule has 12 unspecified atom stereocenters. The fourth-order valence-electron chi connectivity index (χ4n) is 5.47. The molecule has 46 heavy (non-hydrogen) atoms. The van der Waals surface area contributed by atoms with Crippen LogP contribution in [0.1, 0.15) is 6.42 Å². The average molecular weight is 676 g/mol. The molecule has 268 valence electrons. The standard InChI is InChI=1S/C26H45NO19/c28-3-8-1-10(27-11(2-9(33)4-29)15(35)12(34)5-30)16(36)19(39)23(8)45-26-22(42)20(40)24(14(7-32)44-26)46-25-21(41)18(38)17(37)13(6-31)43-25/h1,9-14,16-34,36-42H,2-7H2/t9-,10?,11?,12?,13?,14+,16?,17+,18?,19?,20+,21+,22?,23?,24?,25?,26?/m0/s1. The van der Waals surface area contributed by atoms with Crippen molar-refractivity contribution in [3.05, 3.63) is 11.6 Å². The van der Waals surface area contributed by atoms with Crippen molar-refractivity contribution in [2.24, 2.45) is 0 Å². The van der Waals surface area contributed by atoms with Gasteiger partial charge in [0.2, 0.25) is 0 Å². The first-order valence-corrected chi connectivity index (χ1v) is 14.5. The maximum atomic E-state index is 12.6. The van der Waals surface area contributed by atoms with Gasteiger partial charge in [0.25, 0.3) is 0 Å². The molecule has 2 heterocycles. The topological polar surface area (TPSA) is 349 Å². The Morgan fingerprint density at radius 1 is 0.739 bits per heavy atom. The first-order valence-electron chi connectivity index (χ1n) is 14.5. The maximum absolute atomic E-state index is 12.6. The summed E-state index contributed by atoms with van der Waals surface area (Å²) in [6.45, 7) is -4.21. The number of ketones is 1. The van der Waals surface area contributed by atoms with Crippen LogP contribution in [0.15, 0.2) is 11.6 Å². The molecule has 20 heteroatoms. The Labute approximate surface area is 261 Å². The van der Waals surface area contributed by atoms with Gasteiger partial charge in [-0.25, -0.2) is 0 Å². The second kappa shape index (κ2) is 17.3. The predicted molar refractivity (Wildman–Crippen MR) is 145 cm³/mol. The molecular formula is C26H45NO19. The SMILES string of the molecule is O=C(C(O)CO)C(C[C@H](O)CO)NC1C=C(CO)C(OC2O[C@H](CO)C(OC3OC(CO)[C@@H](O)C(O)[C@H]3O)[C@H](O)C2O)C(O)C1O. The summed E-state index contributed by atoms with van der Waals surface area (Å²) in [5, 5.41) is 144. The Morgan fingerprint density at radius 2 is 1.33 bits per heavy atom. The number of aliphatic hydroxyl groups excluding tert-OH is 14. The van der Waals surface area contributed by atoms with E-state index in [2.05, 4.69) is 5.32 Å². The molecule has 2 saturated heterocycles. The van der Waals surface area contributed by atoms with E-state index in [1.54, 1.807) is 0 Å². The zero-order valence-electron chi connectivity index (χ0n) is 24.4. The molecule has 0 radical (unpaired) electrons. The number of aliphatic hydroxyl groups is 14. The Bertz CT molecular complexity index is 987. The zero-order chi connectivity index (χ0) is 34.5. The molecule has 2 aliphatic heterocycles. The van der Waals surface area contributed by atoms with Gasteiger partial charge in [0, 0.05) is 0 Å². The highest BCUT2D eigenvalue weighted by Gasteiger charge is 2.52. The highest BCUT2D eigenvalue weighted by atomic mass is 16.7. The van der Waals surface area contributed by atoms with Crippen LogP contribution in [0.5, 0.6) is 0 Å². The van der Waals surface area contributed by atoms with E-state index in [1.807, 2.05) is 0 Å². The van der Waals surface area contributed by atoms with E-state index >= 15 is 0 Å². The number of hydrogen-bond acceptors (Lipinski definition) is 20. The second-order valence-corrected chi connectivity index (χ2v) is 11.4. The summed E-state index contributed by atoms with van der Waals surface area (Å²) in [6, 6.07) is -2.78. The Kier molecular flexibility index (Phi) is 14.7. The van der Waals surface area contributed by atoms with Gasteiger partial charge in [-0.15, -0.1) is 0 Å². The quantitative estimate of drug-likeness (QED) is 0.0716. The summed E-state index contributed by atoms with van der Waals surface area (Å²) >= 11 is 0. The maximum Gasteiger partial charge on any atom is 0.187 e. The van der Waals surface area contributed by atoms with Crippen molar-refractivity contribution in [1.82, 2.24) is 5.32 Å². The number of ether oxygens (including phenoxy) is 4. The Morgan fingerprint density at radius 3 is 1.89 bits per heavy atom. The third-order valence-electron chi connectivity index (χ3n) is 8.17. The van der Waals surface area contributed by atoms with E-state index in [9.17, 15) is 71.2 Å². The largest absolute Gasteiger partial charge is 0.394 e. The number of carbonyl (C=O) groups is 1. The lowest BCUT2D eigenvalue weighted by molar-refractivity contribution is -0.364. The molecule has 0 spiro atoms. The summed E-state index contributed by atoms with van der Waals surface area (Å²) in [5.41, 5.74) is -0.127. The van der Waals surface area contributed by atoms with E-state index in [0.717, 1.165) is 6.08 Å². The molecule has 0 bridgehead atoms. The fraction of sp³-hybridized carbons (Fsp3) is 0.885. The summed E-state index contributed by atoms with van der Waals surface area (Å²) < 4.78 is 21.9. The van der Waals surface area contributed by atoms with Crippen LogP contribution in [0, 0.1) is 0 Å². The number of nitrogens with one attached hydrogen (secondary N) is 1. The van der Waals surface area contributed by atoms with Crippen LogP contribution < -0.4 is 5.32 Å². The summed E-state index contributed by atoms with van der Waals surface area (Å²) in [4.78, 5) is 12.6. The van der Waals surface area contributed by atoms with Crippen LogP contribution in [0.3, 0.4) is 0 Å². The molecule has 20 nitrogen and oxygen atoms in total. The van der Waals surface area contributed by atoms with Crippen LogP contribution in [0.2, 0.25) is 0 Å². The molecule has 3 rings (SSSR count). The minimum atomic E-state index is -2.00. The number of carbonyl (C=O) groups excluding carboxylic acids is 1. The van der Waals surface area contributed by atoms with Crippen molar-refractivity contribution < 1.29 is 95.2 Å². The van der Waals surface area contributed by atoms with Crippen molar-refractivity contribution >= 4 is 5.78 Å². The summed E-state index contributed by atoms with van der Waals surface area (Å²) in [5.74, 6) is -1.00. The number of Topliss-reactive ketones (excluding diaryl/α,β-unsaturated/α-hetero) is 1. The van der Waals surface area contributed by atoms with Gasteiger partial charge in [-0.05, 0) is 12.0 Å². The molecule has 1 aliphatic carbocycles. The summed E-state index contributed by atoms with van der Waals surface area (Å²) in [7, 11) is 0. The normalized spacial score (nSPS) is 42.3. The first-order chi connectivity index (χ1) is 21.7. The van der Waals surface area contributed by atoms with E-state index in [0.29, 0.717) is 0 Å². The van der Waals surface area contributed by atoms with E-state index in [-0.39, 0.29) is 5.57 Å². The van der Waals surface area contributed by atoms with E-state index < -0.39 is 149 Å². The van der Waals surface area contributed by atoms with Gasteiger partial charge in [-0.2, -0.15) is 0 Å². The lowest BCUT2D eigenvalue weighted by Gasteiger charge is -2.47. The van der Waals surface area contributed by atoms with Crippen molar-refractivity contribution in [2.45, 2.75) is 110 Å². The predicted octanol–water partition coefficient (Wildman–Crippen LogP) is -9.36. The van der Waals surface area contributed by atoms with Crippen molar-refractivity contribution in [3.63, 3.8) is 0 Å². The zero-order valence-corrected chi connectivity index (χ0v) is 24.4. The van der Waals surface area contributed by atoms with E-state index in [1.165, 1.54) is 0 Å². The molecular weight excluding hydrogens is 630 g/mol. The van der Waals surface area contributed by atoms with Crippen molar-refractivity contribution in [2.75, 3.05) is 33.0 Å². The van der Waals surface area contributed by atoms with Crippen LogP contribution in [0.25, 0.3) is 0 Å². The lowest BCUT2D eigenvalue weighted by Crippen LogP contribution is -2.65. The molecule has 0 saturated carbocycles. The highest BCUT2D eigenvalue weighted by Crippen LogP contribution is 2.32.